The second-order valence-electron chi connectivity index (χ2n) is 6.56. The number of nitrogens with zero attached hydrogens (tertiary/aromatic N) is 2. The highest BCUT2D eigenvalue weighted by molar-refractivity contribution is 7.89. The molecule has 2 atom stereocenters. The van der Waals surface area contributed by atoms with Crippen molar-refractivity contribution in [1.82, 2.24) is 9.21 Å². The molecule has 5 heteroatoms. The second-order valence-corrected chi connectivity index (χ2v) is 8.37. The first-order valence-electron chi connectivity index (χ1n) is 7.87. The summed E-state index contributed by atoms with van der Waals surface area (Å²) in [7, 11) is 0.606. The number of hydrogen-bond acceptors (Lipinski definition) is 3. The van der Waals surface area contributed by atoms with E-state index < -0.39 is 10.0 Å². The summed E-state index contributed by atoms with van der Waals surface area (Å²) < 4.78 is 27.6. The molecule has 4 nitrogen and oxygen atoms in total. The third-order valence-electron chi connectivity index (χ3n) is 4.84. The van der Waals surface area contributed by atoms with Crippen LogP contribution in [-0.4, -0.2) is 44.3 Å². The molecule has 1 aromatic rings. The molecule has 1 aliphatic carbocycles. The van der Waals surface area contributed by atoms with E-state index in [1.807, 2.05) is 32.4 Å². The predicted octanol–water partition coefficient (Wildman–Crippen LogP) is 2.49. The topological polar surface area (TPSA) is 40.6 Å². The first kappa shape index (κ1) is 14.7. The Balaban J connectivity index is 1.84. The molecule has 0 saturated carbocycles. The van der Waals surface area contributed by atoms with Gasteiger partial charge in [-0.3, -0.25) is 4.31 Å². The maximum absolute atomic E-state index is 13.0. The van der Waals surface area contributed by atoms with E-state index in [4.69, 9.17) is 0 Å². The van der Waals surface area contributed by atoms with E-state index in [9.17, 15) is 8.42 Å². The van der Waals surface area contributed by atoms with Crippen molar-refractivity contribution in [2.45, 2.75) is 23.3 Å². The van der Waals surface area contributed by atoms with Crippen molar-refractivity contribution in [3.8, 4) is 0 Å². The summed E-state index contributed by atoms with van der Waals surface area (Å²) in [4.78, 5) is 2.57. The summed E-state index contributed by atoms with van der Waals surface area (Å²) in [6.07, 6.45) is 8.98. The highest BCUT2D eigenvalue weighted by Gasteiger charge is 2.47. The van der Waals surface area contributed by atoms with Gasteiger partial charge in [0.1, 0.15) is 0 Å². The van der Waals surface area contributed by atoms with Crippen molar-refractivity contribution in [2.75, 3.05) is 20.6 Å². The molecule has 2 heterocycles. The lowest BCUT2D eigenvalue weighted by Gasteiger charge is -2.38. The molecule has 0 N–H and O–H groups in total. The molecule has 0 fully saturated rings. The molecule has 1 aromatic carbocycles. The van der Waals surface area contributed by atoms with Crippen molar-refractivity contribution in [1.29, 1.82) is 0 Å². The first-order chi connectivity index (χ1) is 11.0. The van der Waals surface area contributed by atoms with Crippen LogP contribution in [0.5, 0.6) is 0 Å². The summed E-state index contributed by atoms with van der Waals surface area (Å²) in [6, 6.07) is 7.27. The molecular formula is C18H20N2O2S. The molecule has 4 rings (SSSR count). The smallest absolute Gasteiger partial charge is 0.264 e. The van der Waals surface area contributed by atoms with E-state index in [-0.39, 0.29) is 12.0 Å². The molecule has 0 spiro atoms. The predicted molar refractivity (Wildman–Crippen MR) is 90.5 cm³/mol. The number of sulfonamides is 1. The fraction of sp³-hybridized carbons (Fsp3) is 0.333. The van der Waals surface area contributed by atoms with Gasteiger partial charge in [-0.15, -0.1) is 0 Å². The lowest BCUT2D eigenvalue weighted by atomic mass is 9.82. The zero-order chi connectivity index (χ0) is 16.2. The number of hydrogen-bond donors (Lipinski definition) is 0. The Labute approximate surface area is 137 Å². The van der Waals surface area contributed by atoms with Crippen molar-refractivity contribution in [3.63, 3.8) is 0 Å². The largest absolute Gasteiger partial charge is 0.309 e. The maximum Gasteiger partial charge on any atom is 0.264 e. The summed E-state index contributed by atoms with van der Waals surface area (Å²) >= 11 is 0. The van der Waals surface area contributed by atoms with Gasteiger partial charge in [-0.25, -0.2) is 8.42 Å². The molecule has 2 aliphatic heterocycles. The molecule has 0 radical (unpaired) electrons. The summed E-state index contributed by atoms with van der Waals surface area (Å²) in [5.41, 5.74) is 3.20. The molecule has 0 amide bonds. The highest BCUT2D eigenvalue weighted by atomic mass is 32.2. The Morgan fingerprint density at radius 3 is 2.78 bits per heavy atom. The molecule has 0 aromatic heterocycles. The van der Waals surface area contributed by atoms with E-state index in [0.717, 1.165) is 29.7 Å². The van der Waals surface area contributed by atoms with Gasteiger partial charge in [0.15, 0.2) is 0 Å². The Hall–Kier alpha value is -1.85. The van der Waals surface area contributed by atoms with Crippen molar-refractivity contribution < 1.29 is 8.42 Å². The quantitative estimate of drug-likeness (QED) is 0.856. The standard InChI is InChI=1S/C18H20N2O2S/c1-19(2)11-10-13-12-20-18-14(13)7-5-8-16(18)15-6-3-4-9-17(15)23(20,21)22/h3-9,12,16,18H,10-11H2,1-2H3. The Kier molecular flexibility index (Phi) is 3.25. The molecule has 3 aliphatic rings. The van der Waals surface area contributed by atoms with Crippen LogP contribution in [0.2, 0.25) is 0 Å². The minimum absolute atomic E-state index is 0.0998. The fourth-order valence-corrected chi connectivity index (χ4v) is 5.52. The molecule has 0 saturated heterocycles. The zero-order valence-corrected chi connectivity index (χ0v) is 14.1. The Morgan fingerprint density at radius 2 is 2.00 bits per heavy atom. The van der Waals surface area contributed by atoms with E-state index in [1.54, 1.807) is 16.4 Å². The van der Waals surface area contributed by atoms with Crippen LogP contribution >= 0.6 is 0 Å². The van der Waals surface area contributed by atoms with E-state index >= 15 is 0 Å². The molecule has 23 heavy (non-hydrogen) atoms. The van der Waals surface area contributed by atoms with Crippen LogP contribution in [0.15, 0.2) is 64.7 Å². The van der Waals surface area contributed by atoms with Gasteiger partial charge >= 0.3 is 0 Å². The van der Waals surface area contributed by atoms with Gasteiger partial charge in [0.05, 0.1) is 10.9 Å². The number of fused-ring (bicyclic) bond motifs is 2. The van der Waals surface area contributed by atoms with Crippen molar-refractivity contribution >= 4 is 10.0 Å². The average Bonchev–Trinajstić information content (AvgIpc) is 2.92. The van der Waals surface area contributed by atoms with Crippen molar-refractivity contribution in [3.05, 3.63) is 65.4 Å². The molecule has 2 unspecified atom stereocenters. The van der Waals surface area contributed by atoms with E-state index in [1.165, 1.54) is 0 Å². The van der Waals surface area contributed by atoms with Crippen LogP contribution in [0.4, 0.5) is 0 Å². The summed E-state index contributed by atoms with van der Waals surface area (Å²) in [5, 5.41) is 0. The number of allylic oxidation sites excluding steroid dienone is 2. The van der Waals surface area contributed by atoms with Gasteiger partial charge < -0.3 is 4.90 Å². The zero-order valence-electron chi connectivity index (χ0n) is 13.3. The minimum atomic E-state index is -3.46. The Bertz CT molecular complexity index is 850. The van der Waals surface area contributed by atoms with Gasteiger partial charge in [0.2, 0.25) is 0 Å². The summed E-state index contributed by atoms with van der Waals surface area (Å²) in [5.74, 6) is 0.0998. The lowest BCUT2D eigenvalue weighted by Crippen LogP contribution is -2.43. The SMILES string of the molecule is CN(C)CCC1=CN2C3C1=CC=CC3c1ccccc1S2(=O)=O. The molecule has 0 bridgehead atoms. The van der Waals surface area contributed by atoms with E-state index in [2.05, 4.69) is 23.1 Å². The van der Waals surface area contributed by atoms with E-state index in [0.29, 0.717) is 4.90 Å². The van der Waals surface area contributed by atoms with Gasteiger partial charge in [0.25, 0.3) is 10.0 Å². The first-order valence-corrected chi connectivity index (χ1v) is 9.31. The van der Waals surface area contributed by atoms with Crippen molar-refractivity contribution in [2.24, 2.45) is 0 Å². The van der Waals surface area contributed by atoms with Crippen LogP contribution in [-0.2, 0) is 10.0 Å². The van der Waals surface area contributed by atoms with Crippen LogP contribution in [0.1, 0.15) is 17.9 Å². The van der Waals surface area contributed by atoms with Gasteiger partial charge in [0, 0.05) is 18.7 Å². The van der Waals surface area contributed by atoms with Gasteiger partial charge in [-0.2, -0.15) is 0 Å². The molecule has 120 valence electrons. The fourth-order valence-electron chi connectivity index (χ4n) is 3.73. The molecular weight excluding hydrogens is 308 g/mol. The second kappa shape index (κ2) is 5.08. The normalized spacial score (nSPS) is 26.7. The van der Waals surface area contributed by atoms with Crippen LogP contribution in [0.25, 0.3) is 0 Å². The maximum atomic E-state index is 13.0. The third kappa shape index (κ3) is 2.11. The van der Waals surface area contributed by atoms with Crippen LogP contribution < -0.4 is 0 Å². The van der Waals surface area contributed by atoms with Gasteiger partial charge in [-0.05, 0) is 43.3 Å². The highest BCUT2D eigenvalue weighted by Crippen LogP contribution is 2.48. The average molecular weight is 328 g/mol. The minimum Gasteiger partial charge on any atom is -0.309 e. The lowest BCUT2D eigenvalue weighted by molar-refractivity contribution is 0.408. The van der Waals surface area contributed by atoms with Crippen LogP contribution in [0, 0.1) is 0 Å². The third-order valence-corrected chi connectivity index (χ3v) is 6.66. The monoisotopic (exact) mass is 328 g/mol. The van der Waals surface area contributed by atoms with Crippen LogP contribution in [0.3, 0.4) is 0 Å². The number of benzene rings is 1. The summed E-state index contributed by atoms with van der Waals surface area (Å²) in [6.45, 7) is 0.908. The van der Waals surface area contributed by atoms with Gasteiger partial charge in [-0.1, -0.05) is 36.4 Å². The number of rotatable bonds is 3. The Morgan fingerprint density at radius 1 is 1.22 bits per heavy atom.